The first-order chi connectivity index (χ1) is 8.19. The van der Waals surface area contributed by atoms with E-state index in [4.69, 9.17) is 16.3 Å². The quantitative estimate of drug-likeness (QED) is 0.728. The Morgan fingerprint density at radius 1 is 1.47 bits per heavy atom. The third-order valence-electron chi connectivity index (χ3n) is 4.25. The SMILES string of the molecule is CCC1OCCC1C(=O)N1CCC(C)C1CCl. The van der Waals surface area contributed by atoms with Crippen LogP contribution in [-0.2, 0) is 9.53 Å². The van der Waals surface area contributed by atoms with Crippen molar-refractivity contribution in [3.63, 3.8) is 0 Å². The van der Waals surface area contributed by atoms with Gasteiger partial charge >= 0.3 is 0 Å². The summed E-state index contributed by atoms with van der Waals surface area (Å²) in [7, 11) is 0. The second-order valence-electron chi connectivity index (χ2n) is 5.23. The molecule has 0 aliphatic carbocycles. The molecule has 2 saturated heterocycles. The molecule has 2 rings (SSSR count). The van der Waals surface area contributed by atoms with E-state index in [1.807, 2.05) is 4.90 Å². The standard InChI is InChI=1S/C13H22ClNO2/c1-3-12-10(5-7-17-12)13(16)15-6-4-9(2)11(15)8-14/h9-12H,3-8H2,1-2H3. The molecule has 0 saturated carbocycles. The second kappa shape index (κ2) is 5.57. The number of rotatable bonds is 3. The monoisotopic (exact) mass is 259 g/mol. The fourth-order valence-electron chi connectivity index (χ4n) is 3.06. The molecule has 0 radical (unpaired) electrons. The van der Waals surface area contributed by atoms with Crippen LogP contribution in [0.5, 0.6) is 0 Å². The number of amides is 1. The maximum absolute atomic E-state index is 12.5. The zero-order chi connectivity index (χ0) is 12.4. The highest BCUT2D eigenvalue weighted by Gasteiger charge is 2.41. The normalized spacial score (nSPS) is 37.7. The number of halogens is 1. The van der Waals surface area contributed by atoms with Crippen molar-refractivity contribution in [1.29, 1.82) is 0 Å². The van der Waals surface area contributed by atoms with Crippen molar-refractivity contribution in [1.82, 2.24) is 4.90 Å². The Morgan fingerprint density at radius 2 is 2.24 bits per heavy atom. The molecule has 98 valence electrons. The van der Waals surface area contributed by atoms with Crippen molar-refractivity contribution in [2.24, 2.45) is 11.8 Å². The minimum atomic E-state index is 0.0658. The van der Waals surface area contributed by atoms with Gasteiger partial charge in [0, 0.05) is 25.1 Å². The Morgan fingerprint density at radius 3 is 2.88 bits per heavy atom. The summed E-state index contributed by atoms with van der Waals surface area (Å²) in [5.74, 6) is 1.41. The summed E-state index contributed by atoms with van der Waals surface area (Å²) in [5.41, 5.74) is 0. The molecule has 17 heavy (non-hydrogen) atoms. The summed E-state index contributed by atoms with van der Waals surface area (Å²) in [4.78, 5) is 14.5. The number of alkyl halides is 1. The Hall–Kier alpha value is -0.280. The van der Waals surface area contributed by atoms with E-state index in [2.05, 4.69) is 13.8 Å². The number of ether oxygens (including phenoxy) is 1. The van der Waals surface area contributed by atoms with E-state index < -0.39 is 0 Å². The van der Waals surface area contributed by atoms with Crippen molar-refractivity contribution in [2.75, 3.05) is 19.0 Å². The summed E-state index contributed by atoms with van der Waals surface area (Å²) in [6, 6.07) is 0.224. The maximum Gasteiger partial charge on any atom is 0.228 e. The first-order valence-electron chi connectivity index (χ1n) is 6.67. The third kappa shape index (κ3) is 2.45. The van der Waals surface area contributed by atoms with Crippen LogP contribution in [0.2, 0.25) is 0 Å². The molecule has 2 aliphatic heterocycles. The number of nitrogens with zero attached hydrogens (tertiary/aromatic N) is 1. The van der Waals surface area contributed by atoms with Gasteiger partial charge in [0.15, 0.2) is 0 Å². The zero-order valence-electron chi connectivity index (χ0n) is 10.7. The Bertz CT molecular complexity index is 285. The second-order valence-corrected chi connectivity index (χ2v) is 5.54. The van der Waals surface area contributed by atoms with Crippen LogP contribution in [0.15, 0.2) is 0 Å². The zero-order valence-corrected chi connectivity index (χ0v) is 11.4. The Balaban J connectivity index is 2.04. The molecule has 0 bridgehead atoms. The smallest absolute Gasteiger partial charge is 0.228 e. The molecule has 0 N–H and O–H groups in total. The molecule has 4 heteroatoms. The van der Waals surface area contributed by atoms with Gasteiger partial charge in [-0.25, -0.2) is 0 Å². The first kappa shape index (κ1) is 13.2. The van der Waals surface area contributed by atoms with E-state index in [0.29, 0.717) is 11.8 Å². The van der Waals surface area contributed by atoms with Crippen LogP contribution < -0.4 is 0 Å². The van der Waals surface area contributed by atoms with Crippen molar-refractivity contribution in [3.05, 3.63) is 0 Å². The van der Waals surface area contributed by atoms with Gasteiger partial charge in [0.25, 0.3) is 0 Å². The van der Waals surface area contributed by atoms with Gasteiger partial charge in [0.1, 0.15) is 0 Å². The van der Waals surface area contributed by atoms with E-state index in [1.165, 1.54) is 0 Å². The number of carbonyl (C=O) groups is 1. The molecular formula is C13H22ClNO2. The van der Waals surface area contributed by atoms with E-state index in [-0.39, 0.29) is 24.0 Å². The lowest BCUT2D eigenvalue weighted by Gasteiger charge is -2.29. The van der Waals surface area contributed by atoms with Crippen LogP contribution in [0, 0.1) is 11.8 Å². The van der Waals surface area contributed by atoms with Gasteiger partial charge in [-0.2, -0.15) is 0 Å². The fourth-order valence-corrected chi connectivity index (χ4v) is 3.53. The predicted octanol–water partition coefficient (Wildman–Crippen LogP) is 2.28. The van der Waals surface area contributed by atoms with Crippen molar-refractivity contribution < 1.29 is 9.53 Å². The highest BCUT2D eigenvalue weighted by atomic mass is 35.5. The van der Waals surface area contributed by atoms with Gasteiger partial charge in [0.2, 0.25) is 5.91 Å². The molecule has 4 atom stereocenters. The summed E-state index contributed by atoms with van der Waals surface area (Å²) < 4.78 is 5.61. The molecular weight excluding hydrogens is 238 g/mol. The summed E-state index contributed by atoms with van der Waals surface area (Å²) >= 11 is 5.99. The topological polar surface area (TPSA) is 29.5 Å². The lowest BCUT2D eigenvalue weighted by Crippen LogP contribution is -2.44. The highest BCUT2D eigenvalue weighted by molar-refractivity contribution is 6.18. The highest BCUT2D eigenvalue weighted by Crippen LogP contribution is 2.31. The van der Waals surface area contributed by atoms with Crippen LogP contribution in [0.1, 0.15) is 33.1 Å². The first-order valence-corrected chi connectivity index (χ1v) is 7.20. The van der Waals surface area contributed by atoms with Crippen molar-refractivity contribution in [3.8, 4) is 0 Å². The van der Waals surface area contributed by atoms with Gasteiger partial charge in [-0.15, -0.1) is 11.6 Å². The van der Waals surface area contributed by atoms with E-state index in [1.54, 1.807) is 0 Å². The van der Waals surface area contributed by atoms with E-state index in [0.717, 1.165) is 32.4 Å². The minimum Gasteiger partial charge on any atom is -0.377 e. The lowest BCUT2D eigenvalue weighted by atomic mass is 9.97. The Kier molecular flexibility index (Phi) is 4.31. The molecule has 1 amide bonds. The van der Waals surface area contributed by atoms with Gasteiger partial charge in [-0.05, 0) is 25.2 Å². The molecule has 4 unspecified atom stereocenters. The van der Waals surface area contributed by atoms with Gasteiger partial charge < -0.3 is 9.64 Å². The molecule has 0 aromatic carbocycles. The summed E-state index contributed by atoms with van der Waals surface area (Å²) in [5, 5.41) is 0. The van der Waals surface area contributed by atoms with Crippen molar-refractivity contribution in [2.45, 2.75) is 45.3 Å². The van der Waals surface area contributed by atoms with Crippen molar-refractivity contribution >= 4 is 17.5 Å². The summed E-state index contributed by atoms with van der Waals surface area (Å²) in [6.45, 7) is 5.86. The minimum absolute atomic E-state index is 0.0658. The number of likely N-dealkylation sites (tertiary alicyclic amines) is 1. The molecule has 2 aliphatic rings. The summed E-state index contributed by atoms with van der Waals surface area (Å²) in [6.07, 6.45) is 2.99. The molecule has 0 spiro atoms. The average molecular weight is 260 g/mol. The van der Waals surface area contributed by atoms with Gasteiger partial charge in [-0.3, -0.25) is 4.79 Å². The largest absolute Gasteiger partial charge is 0.377 e. The molecule has 0 aromatic rings. The van der Waals surface area contributed by atoms with Crippen LogP contribution in [0.3, 0.4) is 0 Å². The number of carbonyl (C=O) groups excluding carboxylic acids is 1. The third-order valence-corrected chi connectivity index (χ3v) is 4.57. The van der Waals surface area contributed by atoms with Crippen LogP contribution in [-0.4, -0.2) is 42.0 Å². The average Bonchev–Trinajstić information content (AvgIpc) is 2.93. The van der Waals surface area contributed by atoms with Crippen LogP contribution >= 0.6 is 11.6 Å². The molecule has 3 nitrogen and oxygen atoms in total. The predicted molar refractivity (Wildman–Crippen MR) is 68.1 cm³/mol. The maximum atomic E-state index is 12.5. The van der Waals surface area contributed by atoms with Gasteiger partial charge in [0.05, 0.1) is 12.0 Å². The van der Waals surface area contributed by atoms with E-state index in [9.17, 15) is 4.79 Å². The molecule has 2 fully saturated rings. The van der Waals surface area contributed by atoms with Gasteiger partial charge in [-0.1, -0.05) is 13.8 Å². The Labute approximate surface area is 108 Å². The molecule has 0 aromatic heterocycles. The van der Waals surface area contributed by atoms with Crippen LogP contribution in [0.25, 0.3) is 0 Å². The molecule has 2 heterocycles. The lowest BCUT2D eigenvalue weighted by molar-refractivity contribution is -0.138. The van der Waals surface area contributed by atoms with Crippen LogP contribution in [0.4, 0.5) is 0 Å². The van der Waals surface area contributed by atoms with E-state index >= 15 is 0 Å². The number of hydrogen-bond acceptors (Lipinski definition) is 2. The number of hydrogen-bond donors (Lipinski definition) is 0. The fraction of sp³-hybridized carbons (Fsp3) is 0.923.